The van der Waals surface area contributed by atoms with Crippen LogP contribution in [0.15, 0.2) is 24.3 Å². The van der Waals surface area contributed by atoms with Crippen molar-refractivity contribution in [2.75, 3.05) is 24.7 Å². The quantitative estimate of drug-likeness (QED) is 0.413. The molecule has 0 heterocycles. The van der Waals surface area contributed by atoms with Crippen LogP contribution in [0.2, 0.25) is 0 Å². The van der Waals surface area contributed by atoms with Crippen LogP contribution in [0.25, 0.3) is 0 Å². The van der Waals surface area contributed by atoms with Gasteiger partial charge in [-0.1, -0.05) is 44.6 Å². The summed E-state index contributed by atoms with van der Waals surface area (Å²) in [5, 5.41) is 21.9. The first-order valence-corrected chi connectivity index (χ1v) is 13.7. The van der Waals surface area contributed by atoms with E-state index in [2.05, 4.69) is 0 Å². The summed E-state index contributed by atoms with van der Waals surface area (Å²) in [5.41, 5.74) is 0. The highest BCUT2D eigenvalue weighted by atomic mass is 32.2. The fraction of sp³-hybridized carbons (Fsp3) is 0.750. The maximum Gasteiger partial charge on any atom is 0.123 e. The van der Waals surface area contributed by atoms with E-state index < -0.39 is 12.2 Å². The molecule has 2 atom stereocenters. The second-order valence-corrected chi connectivity index (χ2v) is 11.3. The Morgan fingerprint density at radius 1 is 0.767 bits per heavy atom. The highest BCUT2D eigenvalue weighted by Gasteiger charge is 2.17. The molecular formula is C24H42O4S2. The summed E-state index contributed by atoms with van der Waals surface area (Å²) >= 11 is 3.77. The molecule has 4 nitrogen and oxygen atoms in total. The lowest BCUT2D eigenvalue weighted by Crippen LogP contribution is -2.23. The third-order valence-electron chi connectivity index (χ3n) is 5.84. The van der Waals surface area contributed by atoms with Gasteiger partial charge in [0.2, 0.25) is 0 Å². The van der Waals surface area contributed by atoms with Gasteiger partial charge in [0.15, 0.2) is 0 Å². The summed E-state index contributed by atoms with van der Waals surface area (Å²) in [7, 11) is 0. The van der Waals surface area contributed by atoms with Gasteiger partial charge in [0.25, 0.3) is 0 Å². The van der Waals surface area contributed by atoms with Gasteiger partial charge in [-0.15, -0.1) is 0 Å². The van der Waals surface area contributed by atoms with Crippen molar-refractivity contribution in [2.24, 2.45) is 0 Å². The molecule has 2 fully saturated rings. The fourth-order valence-corrected chi connectivity index (χ4v) is 6.61. The van der Waals surface area contributed by atoms with Crippen molar-refractivity contribution in [1.29, 1.82) is 0 Å². The lowest BCUT2D eigenvalue weighted by molar-refractivity contribution is 0.122. The van der Waals surface area contributed by atoms with Crippen molar-refractivity contribution in [3.63, 3.8) is 0 Å². The van der Waals surface area contributed by atoms with Gasteiger partial charge >= 0.3 is 0 Å². The second-order valence-electron chi connectivity index (χ2n) is 8.59. The van der Waals surface area contributed by atoms with Crippen molar-refractivity contribution in [3.05, 3.63) is 24.3 Å². The summed E-state index contributed by atoms with van der Waals surface area (Å²) < 4.78 is 11.5. The SMILES string of the molecule is OC(COc1cccc(OCC(O)CSC2CCCCC2)c1)CSC1CCCCC1.[HH].[HH]. The minimum absolute atomic E-state index is 0. The van der Waals surface area contributed by atoms with E-state index >= 15 is 0 Å². The van der Waals surface area contributed by atoms with Crippen molar-refractivity contribution in [2.45, 2.75) is 86.9 Å². The smallest absolute Gasteiger partial charge is 0.123 e. The molecule has 0 aliphatic heterocycles. The highest BCUT2D eigenvalue weighted by Crippen LogP contribution is 2.30. The average Bonchev–Trinajstić information content (AvgIpc) is 2.80. The van der Waals surface area contributed by atoms with Crippen LogP contribution < -0.4 is 9.47 Å². The third kappa shape index (κ3) is 9.29. The molecule has 2 aliphatic carbocycles. The summed E-state index contributed by atoms with van der Waals surface area (Å²) in [6, 6.07) is 7.48. The van der Waals surface area contributed by atoms with Crippen molar-refractivity contribution in [1.82, 2.24) is 0 Å². The minimum Gasteiger partial charge on any atom is -0.491 e. The van der Waals surface area contributed by atoms with E-state index in [0.29, 0.717) is 35.2 Å². The monoisotopic (exact) mass is 458 g/mol. The van der Waals surface area contributed by atoms with Gasteiger partial charge in [0, 0.05) is 30.9 Å². The first kappa shape index (κ1) is 24.1. The Bertz CT molecular complexity index is 552. The Balaban J connectivity index is 0.00000256. The number of ether oxygens (including phenoxy) is 2. The van der Waals surface area contributed by atoms with Crippen molar-refractivity contribution >= 4 is 23.5 Å². The summed E-state index contributed by atoms with van der Waals surface area (Å²) in [4.78, 5) is 0. The minimum atomic E-state index is -0.458. The third-order valence-corrected chi connectivity index (χ3v) is 8.88. The number of thioether (sulfide) groups is 2. The van der Waals surface area contributed by atoms with Gasteiger partial charge in [0.1, 0.15) is 24.7 Å². The highest BCUT2D eigenvalue weighted by molar-refractivity contribution is 8.00. The molecule has 1 aromatic rings. The lowest BCUT2D eigenvalue weighted by Gasteiger charge is -2.22. The fourth-order valence-electron chi connectivity index (χ4n) is 4.09. The van der Waals surface area contributed by atoms with E-state index in [1.54, 1.807) is 0 Å². The van der Waals surface area contributed by atoms with Crippen LogP contribution in [0.4, 0.5) is 0 Å². The molecule has 2 N–H and O–H groups in total. The second kappa shape index (κ2) is 13.8. The van der Waals surface area contributed by atoms with Crippen LogP contribution >= 0.6 is 23.5 Å². The molecule has 1 aromatic carbocycles. The number of hydrogen-bond donors (Lipinski definition) is 2. The van der Waals surface area contributed by atoms with E-state index in [1.807, 2.05) is 47.8 Å². The van der Waals surface area contributed by atoms with E-state index in [-0.39, 0.29) is 2.85 Å². The zero-order valence-corrected chi connectivity index (χ0v) is 19.7. The van der Waals surface area contributed by atoms with Gasteiger partial charge in [-0.3, -0.25) is 0 Å². The normalized spacial score (nSPS) is 20.6. The Morgan fingerprint density at radius 2 is 1.20 bits per heavy atom. The van der Waals surface area contributed by atoms with Crippen LogP contribution in [0, 0.1) is 0 Å². The molecule has 0 saturated heterocycles. The predicted octanol–water partition coefficient (Wildman–Crippen LogP) is 5.79. The molecule has 174 valence electrons. The molecule has 0 radical (unpaired) electrons. The van der Waals surface area contributed by atoms with Crippen LogP contribution in [0.1, 0.15) is 67.1 Å². The maximum atomic E-state index is 10.2. The molecule has 2 aliphatic rings. The molecule has 0 spiro atoms. The average molecular weight is 459 g/mol. The van der Waals surface area contributed by atoms with Gasteiger partial charge in [-0.2, -0.15) is 23.5 Å². The molecule has 0 aromatic heterocycles. The Kier molecular flexibility index (Phi) is 11.1. The van der Waals surface area contributed by atoms with Gasteiger partial charge in [-0.25, -0.2) is 0 Å². The van der Waals surface area contributed by atoms with Gasteiger partial charge in [0.05, 0.1) is 12.2 Å². The van der Waals surface area contributed by atoms with Gasteiger partial charge < -0.3 is 19.7 Å². The Labute approximate surface area is 193 Å². The van der Waals surface area contributed by atoms with Gasteiger partial charge in [-0.05, 0) is 37.8 Å². The number of benzene rings is 1. The summed E-state index contributed by atoms with van der Waals surface area (Å²) in [5.74, 6) is 2.85. The first-order chi connectivity index (χ1) is 14.7. The Hall–Kier alpha value is -0.560. The van der Waals surface area contributed by atoms with Crippen LogP contribution in [-0.2, 0) is 0 Å². The molecule has 0 bridgehead atoms. The largest absolute Gasteiger partial charge is 0.491 e. The molecular weight excluding hydrogens is 416 g/mol. The zero-order valence-electron chi connectivity index (χ0n) is 18.0. The van der Waals surface area contributed by atoms with Crippen molar-refractivity contribution < 1.29 is 22.5 Å². The molecule has 30 heavy (non-hydrogen) atoms. The van der Waals surface area contributed by atoms with Crippen LogP contribution in [0.3, 0.4) is 0 Å². The molecule has 2 saturated carbocycles. The van der Waals surface area contributed by atoms with Crippen molar-refractivity contribution in [3.8, 4) is 11.5 Å². The zero-order chi connectivity index (χ0) is 21.0. The molecule has 0 amide bonds. The number of hydrogen-bond acceptors (Lipinski definition) is 6. The number of aliphatic hydroxyl groups excluding tert-OH is 2. The maximum absolute atomic E-state index is 10.2. The lowest BCUT2D eigenvalue weighted by atomic mass is 10.0. The van der Waals surface area contributed by atoms with Crippen LogP contribution in [-0.4, -0.2) is 57.6 Å². The topological polar surface area (TPSA) is 58.9 Å². The van der Waals surface area contributed by atoms with E-state index in [4.69, 9.17) is 9.47 Å². The standard InChI is InChI=1S/C24H38O4S2.2H2/c25-19(17-29-23-10-3-1-4-11-23)15-27-21-8-7-9-22(14-21)28-16-20(26)18-30-24-12-5-2-6-13-24;;/h7-9,14,19-20,23-26H,1-6,10-13,15-18H2;2*1H. The summed E-state index contributed by atoms with van der Waals surface area (Å²) in [6.07, 6.45) is 12.2. The summed E-state index contributed by atoms with van der Waals surface area (Å²) in [6.45, 7) is 0.591. The van der Waals surface area contributed by atoms with E-state index in [0.717, 1.165) is 11.5 Å². The Morgan fingerprint density at radius 3 is 1.63 bits per heavy atom. The number of rotatable bonds is 12. The van der Waals surface area contributed by atoms with E-state index in [9.17, 15) is 10.2 Å². The molecule has 3 rings (SSSR count). The first-order valence-electron chi connectivity index (χ1n) is 11.6. The predicted molar refractivity (Wildman–Crippen MR) is 132 cm³/mol. The molecule has 2 unspecified atom stereocenters. The van der Waals surface area contributed by atoms with E-state index in [1.165, 1.54) is 64.2 Å². The molecule has 6 heteroatoms. The van der Waals surface area contributed by atoms with Crippen LogP contribution in [0.5, 0.6) is 11.5 Å². The number of aliphatic hydroxyl groups is 2.